The van der Waals surface area contributed by atoms with Gasteiger partial charge in [0, 0.05) is 0 Å². The third-order valence-corrected chi connectivity index (χ3v) is 0.648. The molecule has 0 saturated carbocycles. The quantitative estimate of drug-likeness (QED) is 0.226. The molecule has 0 spiro atoms. The normalized spacial score (nSPS) is 6.92. The van der Waals surface area contributed by atoms with Gasteiger partial charge in [-0.3, -0.25) is 9.59 Å². The average molecular weight is 182 g/mol. The fraction of sp³-hybridized carbons (Fsp3) is 0.429. The van der Waals surface area contributed by atoms with Crippen molar-refractivity contribution in [2.45, 2.75) is 20.3 Å². The Kier molecular flexibility index (Phi) is 16.0. The number of Topliss-reactive ketones (excluding diaryl/α,β-unsaturated/α-hetero) is 2. The Morgan fingerprint density at radius 3 is 1.67 bits per heavy atom. The molecule has 64 valence electrons. The van der Waals surface area contributed by atoms with Gasteiger partial charge in [-0.2, -0.15) is 6.92 Å². The molecule has 0 aromatic rings. The van der Waals surface area contributed by atoms with E-state index in [1.165, 1.54) is 6.92 Å². The van der Waals surface area contributed by atoms with Gasteiger partial charge in [-0.1, -0.05) is 0 Å². The molecule has 0 heterocycles. The molecule has 0 unspecified atom stereocenters. The first kappa shape index (κ1) is 17.8. The van der Waals surface area contributed by atoms with Crippen molar-refractivity contribution in [2.24, 2.45) is 0 Å². The molecule has 4 nitrogen and oxygen atoms in total. The third kappa shape index (κ3) is 12.5. The van der Waals surface area contributed by atoms with Crippen molar-refractivity contribution in [3.8, 4) is 0 Å². The first-order valence-corrected chi connectivity index (χ1v) is 3.00. The first-order valence-electron chi connectivity index (χ1n) is 3.00. The number of carboxylic acid groups (broad SMARTS) is 1. The fourth-order valence-corrected chi connectivity index (χ4v) is 0.302. The molecule has 0 amide bonds. The topological polar surface area (TPSA) is 71.4 Å². The summed E-state index contributed by atoms with van der Waals surface area (Å²) in [5, 5.41) is 7.93. The number of rotatable bonds is 3. The van der Waals surface area contributed by atoms with E-state index in [-0.39, 0.29) is 29.6 Å². The number of carbonyl (C=O) groups excluding carboxylic acids is 2. The van der Waals surface area contributed by atoms with Gasteiger partial charge in [0.25, 0.3) is 0 Å². The fourth-order valence-electron chi connectivity index (χ4n) is 0.302. The zero-order valence-electron chi connectivity index (χ0n) is 7.59. The Bertz CT molecular complexity index is 165. The molecule has 0 bridgehead atoms. The zero-order valence-corrected chi connectivity index (χ0v) is 9.59. The summed E-state index contributed by atoms with van der Waals surface area (Å²) < 4.78 is 0. The summed E-state index contributed by atoms with van der Waals surface area (Å²) >= 11 is 0. The van der Waals surface area contributed by atoms with E-state index < -0.39 is 24.0 Å². The summed E-state index contributed by atoms with van der Waals surface area (Å²) in [6, 6.07) is 0. The second-order valence-electron chi connectivity index (χ2n) is 1.61. The van der Waals surface area contributed by atoms with Crippen molar-refractivity contribution in [1.29, 1.82) is 0 Å². The van der Waals surface area contributed by atoms with Crippen LogP contribution in [0.25, 0.3) is 0 Å². The van der Waals surface area contributed by atoms with Crippen LogP contribution in [0.15, 0.2) is 0 Å². The van der Waals surface area contributed by atoms with E-state index in [2.05, 4.69) is 6.92 Å². The van der Waals surface area contributed by atoms with Crippen molar-refractivity contribution in [1.82, 2.24) is 0 Å². The Balaban J connectivity index is -0.000000249. The van der Waals surface area contributed by atoms with Crippen LogP contribution in [0.3, 0.4) is 0 Å². The van der Waals surface area contributed by atoms with Crippen LogP contribution >= 0.6 is 0 Å². The molecule has 12 heavy (non-hydrogen) atoms. The number of carbonyl (C=O) groups is 3. The van der Waals surface area contributed by atoms with Gasteiger partial charge in [-0.05, 0) is 6.92 Å². The van der Waals surface area contributed by atoms with Gasteiger partial charge in [0.1, 0.15) is 5.78 Å². The third-order valence-electron chi connectivity index (χ3n) is 0.648. The van der Waals surface area contributed by atoms with Gasteiger partial charge in [0.2, 0.25) is 5.78 Å². The molecule has 0 fully saturated rings. The van der Waals surface area contributed by atoms with Crippen molar-refractivity contribution in [3.05, 3.63) is 6.92 Å². The second-order valence-corrected chi connectivity index (χ2v) is 1.61. The molecule has 5 heteroatoms. The van der Waals surface area contributed by atoms with Crippen molar-refractivity contribution in [2.75, 3.05) is 0 Å². The Labute approximate surface area is 93.6 Å². The maximum atomic E-state index is 10.1. The van der Waals surface area contributed by atoms with Gasteiger partial charge in [0.15, 0.2) is 0 Å². The summed E-state index contributed by atoms with van der Waals surface area (Å²) in [6.45, 7) is 6.17. The molecule has 0 rings (SSSR count). The molecule has 0 radical (unpaired) electrons. The van der Waals surface area contributed by atoms with Crippen molar-refractivity contribution < 1.29 is 49.0 Å². The minimum Gasteiger partial charge on any atom is -0.475 e. The van der Waals surface area contributed by atoms with Crippen LogP contribution in [-0.2, 0) is 14.4 Å². The van der Waals surface area contributed by atoms with Crippen LogP contribution in [0.2, 0.25) is 0 Å². The van der Waals surface area contributed by atoms with Crippen molar-refractivity contribution >= 4 is 17.5 Å². The first-order chi connectivity index (χ1) is 5.04. The predicted octanol–water partition coefficient (Wildman–Crippen LogP) is -2.54. The number of hydrogen-bond donors (Lipinski definition) is 1. The van der Waals surface area contributed by atoms with E-state index >= 15 is 0 Å². The molecule has 0 aromatic carbocycles. The van der Waals surface area contributed by atoms with Crippen LogP contribution in [0.4, 0.5) is 0 Å². The molecule has 0 aliphatic heterocycles. The number of carboxylic acids is 1. The van der Waals surface area contributed by atoms with Gasteiger partial charge in [0.05, 0.1) is 6.42 Å². The van der Waals surface area contributed by atoms with E-state index in [1.54, 1.807) is 6.92 Å². The van der Waals surface area contributed by atoms with E-state index in [0.717, 1.165) is 0 Å². The van der Waals surface area contributed by atoms with Gasteiger partial charge in [-0.15, -0.1) is 0 Å². The van der Waals surface area contributed by atoms with Gasteiger partial charge in [-0.25, -0.2) is 4.79 Å². The maximum absolute atomic E-state index is 10.1. The monoisotopic (exact) mass is 182 g/mol. The summed E-state index contributed by atoms with van der Waals surface area (Å²) in [7, 11) is 0. The standard InChI is InChI=1S/C5H6O4.C2H5.Na/c1-3(6)2-4(7)5(8)9;1-2;/h2H2,1H3,(H,8,9);1H2,2H3;/q;-1;+1. The molecule has 1 N–H and O–H groups in total. The minimum absolute atomic E-state index is 0. The second kappa shape index (κ2) is 10.8. The number of hydrogen-bond acceptors (Lipinski definition) is 3. The molecule has 0 aliphatic rings. The van der Waals surface area contributed by atoms with Gasteiger partial charge < -0.3 is 12.0 Å². The Hall–Kier alpha value is -0.190. The molecule has 0 atom stereocenters. The van der Waals surface area contributed by atoms with Gasteiger partial charge >= 0.3 is 35.5 Å². The predicted molar refractivity (Wildman–Crippen MR) is 39.0 cm³/mol. The zero-order chi connectivity index (χ0) is 9.44. The van der Waals surface area contributed by atoms with E-state index in [9.17, 15) is 14.4 Å². The summed E-state index contributed by atoms with van der Waals surface area (Å²) in [5.74, 6) is -3.03. The van der Waals surface area contributed by atoms with Crippen LogP contribution in [-0.4, -0.2) is 22.6 Å². The largest absolute Gasteiger partial charge is 1.00 e. The molecular formula is C7H11NaO4. The van der Waals surface area contributed by atoms with Crippen molar-refractivity contribution in [3.63, 3.8) is 0 Å². The van der Waals surface area contributed by atoms with Crippen LogP contribution in [0, 0.1) is 6.92 Å². The molecule has 0 saturated heterocycles. The van der Waals surface area contributed by atoms with Crippen LogP contribution in [0.1, 0.15) is 20.3 Å². The summed E-state index contributed by atoms with van der Waals surface area (Å²) in [6.07, 6.45) is -0.505. The van der Waals surface area contributed by atoms with Crippen LogP contribution in [0.5, 0.6) is 0 Å². The molecular weight excluding hydrogens is 171 g/mol. The van der Waals surface area contributed by atoms with Crippen LogP contribution < -0.4 is 29.6 Å². The average Bonchev–Trinajstić information content (AvgIpc) is 1.90. The summed E-state index contributed by atoms with van der Waals surface area (Å²) in [4.78, 5) is 29.9. The molecule has 0 aromatic heterocycles. The summed E-state index contributed by atoms with van der Waals surface area (Å²) in [5.41, 5.74) is 0. The number of aliphatic carboxylic acids is 1. The maximum Gasteiger partial charge on any atom is 1.00 e. The van der Waals surface area contributed by atoms with E-state index in [4.69, 9.17) is 5.11 Å². The molecule has 0 aliphatic carbocycles. The van der Waals surface area contributed by atoms with E-state index in [0.29, 0.717) is 0 Å². The smallest absolute Gasteiger partial charge is 0.475 e. The minimum atomic E-state index is -1.55. The number of ketones is 2. The van der Waals surface area contributed by atoms with E-state index in [1.807, 2.05) is 0 Å². The Morgan fingerprint density at radius 2 is 1.58 bits per heavy atom. The Morgan fingerprint density at radius 1 is 1.25 bits per heavy atom. The SMILES string of the molecule is CC(=O)CC(=O)C(=O)O.[CH2-]C.[Na+].